The Kier molecular flexibility index (Phi) is 4.31. The summed E-state index contributed by atoms with van der Waals surface area (Å²) in [5, 5.41) is 0. The van der Waals surface area contributed by atoms with Crippen molar-refractivity contribution in [1.29, 1.82) is 0 Å². The van der Waals surface area contributed by atoms with Crippen LogP contribution in [0.5, 0.6) is 0 Å². The van der Waals surface area contributed by atoms with E-state index in [1.807, 2.05) is 6.92 Å². The first kappa shape index (κ1) is 17.5. The monoisotopic (exact) mass is 362 g/mol. The van der Waals surface area contributed by atoms with E-state index >= 15 is 0 Å². The van der Waals surface area contributed by atoms with E-state index in [4.69, 9.17) is 14.0 Å². The van der Waals surface area contributed by atoms with Crippen molar-refractivity contribution in [2.45, 2.75) is 44.3 Å². The molecule has 2 aliphatic rings. The molecule has 2 fully saturated rings. The van der Waals surface area contributed by atoms with E-state index in [-0.39, 0.29) is 6.61 Å². The lowest BCUT2D eigenvalue weighted by Crippen LogP contribution is -2.42. The second-order valence-corrected chi connectivity index (χ2v) is 7.37. The Bertz CT molecular complexity index is 804. The van der Waals surface area contributed by atoms with Gasteiger partial charge >= 0.3 is 13.5 Å². The number of hydrogen-bond acceptors (Lipinski definition) is 7. The topological polar surface area (TPSA) is 129 Å². The van der Waals surface area contributed by atoms with Gasteiger partial charge in [-0.25, -0.2) is 9.36 Å². The van der Waals surface area contributed by atoms with Gasteiger partial charge in [0, 0.05) is 18.9 Å². The third kappa shape index (κ3) is 2.69. The summed E-state index contributed by atoms with van der Waals surface area (Å²) in [5.41, 5.74) is -1.79. The molecule has 0 aliphatic carbocycles. The molecular formula is C13H19N2O8P. The maximum Gasteiger partial charge on any atom is 0.472 e. The molecule has 3 rings (SSSR count). The third-order valence-electron chi connectivity index (χ3n) is 4.47. The molecule has 2 saturated heterocycles. The van der Waals surface area contributed by atoms with E-state index in [9.17, 15) is 19.0 Å². The van der Waals surface area contributed by atoms with E-state index in [0.717, 1.165) is 7.11 Å². The Balaban J connectivity index is 2.00. The molecule has 1 aromatic heterocycles. The van der Waals surface area contributed by atoms with Gasteiger partial charge in [0.1, 0.15) is 17.8 Å². The second-order valence-electron chi connectivity index (χ2n) is 5.86. The van der Waals surface area contributed by atoms with Crippen molar-refractivity contribution < 1.29 is 28.0 Å². The predicted octanol–water partition coefficient (Wildman–Crippen LogP) is 0.0534. The summed E-state index contributed by atoms with van der Waals surface area (Å²) >= 11 is 0. The molecule has 3 heterocycles. The van der Waals surface area contributed by atoms with Gasteiger partial charge in [-0.1, -0.05) is 6.92 Å². The van der Waals surface area contributed by atoms with E-state index < -0.39 is 43.1 Å². The number of rotatable bonds is 5. The van der Waals surface area contributed by atoms with E-state index in [1.165, 1.54) is 10.8 Å². The van der Waals surface area contributed by atoms with Gasteiger partial charge in [0.25, 0.3) is 5.56 Å². The summed E-state index contributed by atoms with van der Waals surface area (Å²) < 4.78 is 34.3. The average Bonchev–Trinajstić information content (AvgIpc) is 3.03. The largest absolute Gasteiger partial charge is 0.472 e. The van der Waals surface area contributed by atoms with Crippen LogP contribution in [0.15, 0.2) is 15.8 Å². The lowest BCUT2D eigenvalue weighted by molar-refractivity contribution is -0.175. The number of nitrogens with one attached hydrogen (secondary N) is 1. The fraction of sp³-hybridized carbons (Fsp3) is 0.692. The van der Waals surface area contributed by atoms with Gasteiger partial charge in [0.15, 0.2) is 6.23 Å². The zero-order chi connectivity index (χ0) is 17.7. The Morgan fingerprint density at radius 3 is 2.88 bits per heavy atom. The van der Waals surface area contributed by atoms with Gasteiger partial charge < -0.3 is 14.4 Å². The molecule has 0 aromatic carbocycles. The number of H-pyrrole nitrogens is 1. The van der Waals surface area contributed by atoms with Crippen molar-refractivity contribution >= 4 is 7.82 Å². The molecule has 24 heavy (non-hydrogen) atoms. The van der Waals surface area contributed by atoms with E-state index in [2.05, 4.69) is 9.51 Å². The first-order chi connectivity index (χ1) is 11.2. The molecule has 0 spiro atoms. The van der Waals surface area contributed by atoms with Crippen LogP contribution >= 0.6 is 7.82 Å². The number of aryl methyl sites for hydroxylation is 1. The minimum absolute atomic E-state index is 0.163. The highest BCUT2D eigenvalue weighted by Crippen LogP contribution is 2.54. The summed E-state index contributed by atoms with van der Waals surface area (Å²) in [4.78, 5) is 35.5. The minimum Gasteiger partial charge on any atom is -0.368 e. The van der Waals surface area contributed by atoms with Gasteiger partial charge in [-0.15, -0.1) is 0 Å². The lowest BCUT2D eigenvalue weighted by atomic mass is 9.96. The Morgan fingerprint density at radius 2 is 2.25 bits per heavy atom. The average molecular weight is 362 g/mol. The van der Waals surface area contributed by atoms with Gasteiger partial charge in [-0.05, 0) is 13.3 Å². The van der Waals surface area contributed by atoms with Crippen LogP contribution in [0.1, 0.15) is 25.1 Å². The highest BCUT2D eigenvalue weighted by molar-refractivity contribution is 7.47. The number of phosphoric acid groups is 1. The summed E-state index contributed by atoms with van der Waals surface area (Å²) in [7, 11) is -3.20. The van der Waals surface area contributed by atoms with Crippen LogP contribution in [0.2, 0.25) is 0 Å². The molecule has 2 bridgehead atoms. The van der Waals surface area contributed by atoms with Crippen LogP contribution in [0.25, 0.3) is 0 Å². The zero-order valence-electron chi connectivity index (χ0n) is 13.4. The Morgan fingerprint density at radius 1 is 1.54 bits per heavy atom. The SMILES string of the molecule is CC[C@]12COC([C@H]1OP(=O)(O)OC)[C@@H](n1cc(C)c(=O)[nH]c1=O)O2. The maximum atomic E-state index is 12.1. The molecule has 134 valence electrons. The van der Waals surface area contributed by atoms with Crippen LogP contribution in [0.4, 0.5) is 0 Å². The summed E-state index contributed by atoms with van der Waals surface area (Å²) in [5.74, 6) is 0. The van der Waals surface area contributed by atoms with Crippen molar-refractivity contribution in [3.8, 4) is 0 Å². The summed E-state index contributed by atoms with van der Waals surface area (Å²) in [6.07, 6.45) is -0.758. The van der Waals surface area contributed by atoms with Gasteiger partial charge in [0.2, 0.25) is 0 Å². The standard InChI is InChI=1S/C13H19N2O8P/c1-4-13-6-21-8(9(13)23-24(18,19)20-3)11(22-13)15-5-7(2)10(16)14-12(15)17/h5,8-9,11H,4,6H2,1-3H3,(H,18,19)(H,14,16,17)/t8?,9-,11+,13+/m1/s1. The van der Waals surface area contributed by atoms with Crippen LogP contribution in [0, 0.1) is 6.92 Å². The smallest absolute Gasteiger partial charge is 0.368 e. The molecule has 2 unspecified atom stereocenters. The molecule has 0 saturated carbocycles. The highest BCUT2D eigenvalue weighted by Gasteiger charge is 2.63. The normalized spacial score (nSPS) is 34.4. The van der Waals surface area contributed by atoms with E-state index in [1.54, 1.807) is 6.92 Å². The molecule has 10 nitrogen and oxygen atoms in total. The number of hydrogen-bond donors (Lipinski definition) is 2. The predicted molar refractivity (Wildman–Crippen MR) is 80.7 cm³/mol. The van der Waals surface area contributed by atoms with Crippen molar-refractivity contribution in [1.82, 2.24) is 9.55 Å². The van der Waals surface area contributed by atoms with Crippen molar-refractivity contribution in [2.75, 3.05) is 13.7 Å². The Labute approximate surface area is 136 Å². The number of aromatic amines is 1. The number of ether oxygens (including phenoxy) is 2. The van der Waals surface area contributed by atoms with Gasteiger partial charge in [-0.3, -0.25) is 23.4 Å². The van der Waals surface area contributed by atoms with Crippen molar-refractivity contribution in [2.24, 2.45) is 0 Å². The minimum atomic E-state index is -4.27. The summed E-state index contributed by atoms with van der Waals surface area (Å²) in [6, 6.07) is 0. The van der Waals surface area contributed by atoms with Crippen LogP contribution in [0.3, 0.4) is 0 Å². The number of phosphoric ester groups is 1. The first-order valence-corrected chi connectivity index (χ1v) is 8.91. The second kappa shape index (κ2) is 5.91. The van der Waals surface area contributed by atoms with Crippen molar-refractivity contribution in [3.63, 3.8) is 0 Å². The third-order valence-corrected chi connectivity index (χ3v) is 5.42. The highest BCUT2D eigenvalue weighted by atomic mass is 31.2. The summed E-state index contributed by atoms with van der Waals surface area (Å²) in [6.45, 7) is 3.54. The van der Waals surface area contributed by atoms with Crippen LogP contribution in [-0.4, -0.2) is 46.0 Å². The quantitative estimate of drug-likeness (QED) is 0.703. The first-order valence-electron chi connectivity index (χ1n) is 7.41. The molecule has 2 aliphatic heterocycles. The molecule has 0 amide bonds. The number of fused-ring (bicyclic) bond motifs is 2. The van der Waals surface area contributed by atoms with Crippen molar-refractivity contribution in [3.05, 3.63) is 32.6 Å². The molecule has 5 atom stereocenters. The molecule has 11 heteroatoms. The van der Waals surface area contributed by atoms with Crippen LogP contribution in [-0.2, 0) is 23.1 Å². The maximum absolute atomic E-state index is 12.1. The molecule has 1 aromatic rings. The number of nitrogens with zero attached hydrogens (tertiary/aromatic N) is 1. The van der Waals surface area contributed by atoms with Gasteiger partial charge in [0.05, 0.1) is 6.61 Å². The molecule has 2 N–H and O–H groups in total. The zero-order valence-corrected chi connectivity index (χ0v) is 14.3. The number of aromatic nitrogens is 2. The Hall–Kier alpha value is -1.29. The molecular weight excluding hydrogens is 343 g/mol. The lowest BCUT2D eigenvalue weighted by Gasteiger charge is -2.30. The fourth-order valence-electron chi connectivity index (χ4n) is 3.07. The fourth-order valence-corrected chi connectivity index (χ4v) is 3.75. The molecule has 0 radical (unpaired) electrons. The van der Waals surface area contributed by atoms with Crippen LogP contribution < -0.4 is 11.2 Å². The van der Waals surface area contributed by atoms with Gasteiger partial charge in [-0.2, -0.15) is 0 Å². The van der Waals surface area contributed by atoms with E-state index in [0.29, 0.717) is 12.0 Å².